The van der Waals surface area contributed by atoms with Gasteiger partial charge in [-0.3, -0.25) is 14.4 Å². The molecule has 0 aromatic heterocycles. The molecule has 1 atom stereocenters. The molecule has 0 bridgehead atoms. The van der Waals surface area contributed by atoms with Crippen LogP contribution in [0.4, 0.5) is 15.8 Å². The zero-order valence-corrected chi connectivity index (χ0v) is 15.2. The molecule has 0 aliphatic carbocycles. The lowest BCUT2D eigenvalue weighted by molar-refractivity contribution is -0.151. The Morgan fingerprint density at radius 1 is 1.14 bits per heavy atom. The number of carbonyl (C=O) groups is 3. The predicted molar refractivity (Wildman–Crippen MR) is 99.4 cm³/mol. The zero-order valence-electron chi connectivity index (χ0n) is 15.2. The molecule has 0 saturated carbocycles. The molecule has 7 nitrogen and oxygen atoms in total. The highest BCUT2D eigenvalue weighted by atomic mass is 19.1. The van der Waals surface area contributed by atoms with Gasteiger partial charge in [0.05, 0.1) is 13.0 Å². The molecule has 28 heavy (non-hydrogen) atoms. The number of anilines is 2. The molecule has 1 aliphatic rings. The molecule has 2 amide bonds. The van der Waals surface area contributed by atoms with Crippen molar-refractivity contribution in [2.45, 2.75) is 6.42 Å². The van der Waals surface area contributed by atoms with E-state index < -0.39 is 30.2 Å². The molecule has 1 unspecified atom stereocenters. The monoisotopic (exact) mass is 386 g/mol. The minimum atomic E-state index is -0.675. The SMILES string of the molecule is COc1ccc(NC(=O)COC(=O)C2CC(=O)N(c3ccc(F)cc3)C2)cc1. The first kappa shape index (κ1) is 19.3. The fraction of sp³-hybridized carbons (Fsp3) is 0.250. The molecule has 1 saturated heterocycles. The normalized spacial score (nSPS) is 16.0. The Bertz CT molecular complexity index is 867. The number of amides is 2. The van der Waals surface area contributed by atoms with E-state index in [4.69, 9.17) is 9.47 Å². The Kier molecular flexibility index (Phi) is 5.88. The summed E-state index contributed by atoms with van der Waals surface area (Å²) in [7, 11) is 1.54. The predicted octanol–water partition coefficient (Wildman–Crippen LogP) is 2.37. The largest absolute Gasteiger partial charge is 0.497 e. The fourth-order valence-corrected chi connectivity index (χ4v) is 2.86. The summed E-state index contributed by atoms with van der Waals surface area (Å²) in [5.74, 6) is -1.79. The highest BCUT2D eigenvalue weighted by Gasteiger charge is 2.36. The first-order chi connectivity index (χ1) is 13.5. The quantitative estimate of drug-likeness (QED) is 0.771. The van der Waals surface area contributed by atoms with Crippen LogP contribution in [0.5, 0.6) is 5.75 Å². The minimum Gasteiger partial charge on any atom is -0.497 e. The van der Waals surface area contributed by atoms with Crippen molar-refractivity contribution in [2.75, 3.05) is 30.5 Å². The average molecular weight is 386 g/mol. The number of hydrogen-bond donors (Lipinski definition) is 1. The second-order valence-electron chi connectivity index (χ2n) is 6.27. The number of ether oxygens (including phenoxy) is 2. The number of nitrogens with one attached hydrogen (secondary N) is 1. The van der Waals surface area contributed by atoms with Gasteiger partial charge in [0, 0.05) is 24.3 Å². The molecular formula is C20H19FN2O5. The molecule has 146 valence electrons. The molecule has 1 N–H and O–H groups in total. The van der Waals surface area contributed by atoms with Crippen molar-refractivity contribution in [1.82, 2.24) is 0 Å². The van der Waals surface area contributed by atoms with E-state index in [0.29, 0.717) is 17.1 Å². The molecule has 0 spiro atoms. The van der Waals surface area contributed by atoms with Crippen molar-refractivity contribution in [3.63, 3.8) is 0 Å². The van der Waals surface area contributed by atoms with Crippen molar-refractivity contribution < 1.29 is 28.2 Å². The molecule has 8 heteroatoms. The molecule has 3 rings (SSSR count). The summed E-state index contributed by atoms with van der Waals surface area (Å²) in [5.41, 5.74) is 1.05. The van der Waals surface area contributed by atoms with Gasteiger partial charge in [-0.15, -0.1) is 0 Å². The van der Waals surface area contributed by atoms with Crippen LogP contribution in [0.2, 0.25) is 0 Å². The number of halogens is 1. The second kappa shape index (κ2) is 8.51. The van der Waals surface area contributed by atoms with Crippen LogP contribution in [0.1, 0.15) is 6.42 Å². The molecule has 1 fully saturated rings. The number of esters is 1. The smallest absolute Gasteiger partial charge is 0.311 e. The van der Waals surface area contributed by atoms with Gasteiger partial charge in [0.15, 0.2) is 6.61 Å². The van der Waals surface area contributed by atoms with Gasteiger partial charge in [-0.1, -0.05) is 0 Å². The van der Waals surface area contributed by atoms with Crippen LogP contribution in [0.25, 0.3) is 0 Å². The summed E-state index contributed by atoms with van der Waals surface area (Å²) < 4.78 is 23.1. The average Bonchev–Trinajstić information content (AvgIpc) is 3.09. The summed E-state index contributed by atoms with van der Waals surface area (Å²) in [6.45, 7) is -0.324. The van der Waals surface area contributed by atoms with Gasteiger partial charge < -0.3 is 19.7 Å². The Balaban J connectivity index is 1.49. The first-order valence-corrected chi connectivity index (χ1v) is 8.62. The molecule has 2 aromatic rings. The Labute approximate surface area is 161 Å². The molecular weight excluding hydrogens is 367 g/mol. The van der Waals surface area contributed by atoms with Crippen LogP contribution < -0.4 is 15.0 Å². The summed E-state index contributed by atoms with van der Waals surface area (Å²) in [6.07, 6.45) is -0.0176. The number of nitrogens with zero attached hydrogens (tertiary/aromatic N) is 1. The van der Waals surface area contributed by atoms with Crippen LogP contribution in [0.15, 0.2) is 48.5 Å². The fourth-order valence-electron chi connectivity index (χ4n) is 2.86. The maximum Gasteiger partial charge on any atom is 0.311 e. The number of benzene rings is 2. The third kappa shape index (κ3) is 4.64. The second-order valence-corrected chi connectivity index (χ2v) is 6.27. The topological polar surface area (TPSA) is 84.9 Å². The number of methoxy groups -OCH3 is 1. The summed E-state index contributed by atoms with van der Waals surface area (Å²) in [6, 6.07) is 12.1. The van der Waals surface area contributed by atoms with Crippen LogP contribution in [-0.4, -0.2) is 38.0 Å². The molecule has 2 aromatic carbocycles. The first-order valence-electron chi connectivity index (χ1n) is 8.62. The van der Waals surface area contributed by atoms with Crippen molar-refractivity contribution in [1.29, 1.82) is 0 Å². The van der Waals surface area contributed by atoms with Gasteiger partial charge >= 0.3 is 5.97 Å². The van der Waals surface area contributed by atoms with Gasteiger partial charge in [-0.2, -0.15) is 0 Å². The van der Waals surface area contributed by atoms with Gasteiger partial charge in [-0.25, -0.2) is 4.39 Å². The molecule has 1 aliphatic heterocycles. The van der Waals surface area contributed by atoms with Gasteiger partial charge in [-0.05, 0) is 48.5 Å². The highest BCUT2D eigenvalue weighted by Crippen LogP contribution is 2.26. The highest BCUT2D eigenvalue weighted by molar-refractivity contribution is 6.00. The third-order valence-corrected chi connectivity index (χ3v) is 4.32. The van der Waals surface area contributed by atoms with Crippen LogP contribution in [0.3, 0.4) is 0 Å². The summed E-state index contributed by atoms with van der Waals surface area (Å²) in [5, 5.41) is 2.60. The maximum atomic E-state index is 13.0. The lowest BCUT2D eigenvalue weighted by Crippen LogP contribution is -2.28. The van der Waals surface area contributed by atoms with Crippen molar-refractivity contribution >= 4 is 29.2 Å². The summed E-state index contributed by atoms with van der Waals surface area (Å²) >= 11 is 0. The Morgan fingerprint density at radius 3 is 2.46 bits per heavy atom. The summed E-state index contributed by atoms with van der Waals surface area (Å²) in [4.78, 5) is 37.7. The molecule has 0 radical (unpaired) electrons. The van der Waals surface area contributed by atoms with Crippen molar-refractivity contribution in [3.05, 3.63) is 54.3 Å². The standard InChI is InChI=1S/C20H19FN2O5/c1-27-17-8-4-15(5-9-17)22-18(24)12-28-20(26)13-10-19(25)23(11-13)16-6-2-14(21)3-7-16/h2-9,13H,10-12H2,1H3,(H,22,24). The van der Waals surface area contributed by atoms with E-state index >= 15 is 0 Å². The van der Waals surface area contributed by atoms with E-state index in [1.54, 1.807) is 24.3 Å². The van der Waals surface area contributed by atoms with Gasteiger partial charge in [0.25, 0.3) is 5.91 Å². The third-order valence-electron chi connectivity index (χ3n) is 4.32. The van der Waals surface area contributed by atoms with E-state index in [1.807, 2.05) is 0 Å². The van der Waals surface area contributed by atoms with Gasteiger partial charge in [0.1, 0.15) is 11.6 Å². The van der Waals surface area contributed by atoms with E-state index in [2.05, 4.69) is 5.32 Å². The van der Waals surface area contributed by atoms with Crippen LogP contribution in [-0.2, 0) is 19.1 Å². The number of hydrogen-bond acceptors (Lipinski definition) is 5. The lowest BCUT2D eigenvalue weighted by Gasteiger charge is -2.16. The lowest BCUT2D eigenvalue weighted by atomic mass is 10.1. The Morgan fingerprint density at radius 2 is 1.82 bits per heavy atom. The van der Waals surface area contributed by atoms with E-state index in [-0.39, 0.29) is 18.9 Å². The zero-order chi connectivity index (χ0) is 20.1. The van der Waals surface area contributed by atoms with Crippen LogP contribution in [0, 0.1) is 11.7 Å². The Hall–Kier alpha value is -3.42. The number of carbonyl (C=O) groups excluding carboxylic acids is 3. The van der Waals surface area contributed by atoms with E-state index in [0.717, 1.165) is 0 Å². The van der Waals surface area contributed by atoms with Crippen molar-refractivity contribution in [2.24, 2.45) is 5.92 Å². The van der Waals surface area contributed by atoms with E-state index in [9.17, 15) is 18.8 Å². The van der Waals surface area contributed by atoms with Crippen molar-refractivity contribution in [3.8, 4) is 5.75 Å². The van der Waals surface area contributed by atoms with E-state index in [1.165, 1.54) is 36.3 Å². The molecule has 1 heterocycles. The maximum absolute atomic E-state index is 13.0. The van der Waals surface area contributed by atoms with Crippen LogP contribution >= 0.6 is 0 Å². The minimum absolute atomic E-state index is 0.0176. The van der Waals surface area contributed by atoms with Gasteiger partial charge in [0.2, 0.25) is 5.91 Å². The number of rotatable bonds is 6.